The molecule has 1 aliphatic rings. The van der Waals surface area contributed by atoms with Crippen molar-refractivity contribution >= 4 is 5.69 Å². The molecule has 0 unspecified atom stereocenters. The van der Waals surface area contributed by atoms with Crippen LogP contribution in [0.3, 0.4) is 0 Å². The number of nitrogens with one attached hydrogen (secondary N) is 1. The van der Waals surface area contributed by atoms with Crippen molar-refractivity contribution in [2.24, 2.45) is 0 Å². The quantitative estimate of drug-likeness (QED) is 0.448. The third-order valence-electron chi connectivity index (χ3n) is 3.69. The summed E-state index contributed by atoms with van der Waals surface area (Å²) in [6.07, 6.45) is 0.721. The third-order valence-corrected chi connectivity index (χ3v) is 3.69. The van der Waals surface area contributed by atoms with E-state index in [1.807, 2.05) is 6.92 Å². The van der Waals surface area contributed by atoms with Crippen molar-refractivity contribution < 1.29 is 9.50 Å². The molecule has 1 atom stereocenters. The maximum atomic E-state index is 13.4. The lowest BCUT2D eigenvalue weighted by molar-refractivity contribution is 0.170. The first-order valence-corrected chi connectivity index (χ1v) is 6.86. The number of halogens is 1. The van der Waals surface area contributed by atoms with Gasteiger partial charge in [0.15, 0.2) is 0 Å². The van der Waals surface area contributed by atoms with Crippen LogP contribution in [0.4, 0.5) is 10.1 Å². The highest BCUT2D eigenvalue weighted by Crippen LogP contribution is 2.37. The number of benzene rings is 1. The summed E-state index contributed by atoms with van der Waals surface area (Å²) in [5.41, 5.74) is 7.12. The highest BCUT2D eigenvalue weighted by Gasteiger charge is 2.26. The number of aromatic hydroxyl groups is 1. The number of piperazine rings is 1. The zero-order valence-electron chi connectivity index (χ0n) is 11.8. The molecular weight excluding hydrogens is 257 g/mol. The number of nitrogens with zero attached hydrogens (tertiary/aromatic N) is 1. The van der Waals surface area contributed by atoms with Gasteiger partial charge < -0.3 is 16.2 Å². The molecule has 5 heteroatoms. The minimum Gasteiger partial charge on any atom is -0.505 e. The molecule has 1 aromatic rings. The zero-order valence-corrected chi connectivity index (χ0v) is 11.8. The van der Waals surface area contributed by atoms with Crippen LogP contribution < -0.4 is 11.1 Å². The fourth-order valence-electron chi connectivity index (χ4n) is 2.63. The lowest BCUT2D eigenvalue weighted by Gasteiger charge is -2.35. The second kappa shape index (κ2) is 6.24. The SMILES string of the molecule is C=C(C)C[C@@H](c1ccc(F)c(N)c1O)N1CCNCC1. The number of nitrogen functional groups attached to an aromatic ring is 1. The normalized spacial score (nSPS) is 17.9. The van der Waals surface area contributed by atoms with Crippen LogP contribution in [-0.2, 0) is 0 Å². The van der Waals surface area contributed by atoms with E-state index in [1.165, 1.54) is 6.07 Å². The lowest BCUT2D eigenvalue weighted by atomic mass is 9.96. The molecular formula is C15H22FN3O. The second-order valence-corrected chi connectivity index (χ2v) is 5.36. The van der Waals surface area contributed by atoms with Crippen LogP contribution in [0.5, 0.6) is 5.75 Å². The molecule has 0 radical (unpaired) electrons. The maximum Gasteiger partial charge on any atom is 0.149 e. The minimum absolute atomic E-state index is 0.0162. The van der Waals surface area contributed by atoms with Gasteiger partial charge in [-0.05, 0) is 19.4 Å². The van der Waals surface area contributed by atoms with Gasteiger partial charge in [-0.25, -0.2) is 4.39 Å². The molecule has 0 aromatic heterocycles. The Balaban J connectivity index is 2.35. The molecule has 4 nitrogen and oxygen atoms in total. The van der Waals surface area contributed by atoms with Crippen molar-refractivity contribution in [2.75, 3.05) is 31.9 Å². The van der Waals surface area contributed by atoms with Gasteiger partial charge >= 0.3 is 0 Å². The number of hydrogen-bond donors (Lipinski definition) is 3. The predicted molar refractivity (Wildman–Crippen MR) is 79.1 cm³/mol. The van der Waals surface area contributed by atoms with E-state index in [0.717, 1.165) is 38.2 Å². The van der Waals surface area contributed by atoms with Crippen molar-refractivity contribution in [1.82, 2.24) is 10.2 Å². The van der Waals surface area contributed by atoms with Crippen LogP contribution in [-0.4, -0.2) is 36.2 Å². The van der Waals surface area contributed by atoms with E-state index >= 15 is 0 Å². The smallest absolute Gasteiger partial charge is 0.149 e. The Morgan fingerprint density at radius 1 is 1.50 bits per heavy atom. The van der Waals surface area contributed by atoms with Crippen LogP contribution in [0.2, 0.25) is 0 Å². The zero-order chi connectivity index (χ0) is 14.7. The molecule has 1 heterocycles. The van der Waals surface area contributed by atoms with E-state index in [0.29, 0.717) is 5.56 Å². The lowest BCUT2D eigenvalue weighted by Crippen LogP contribution is -2.45. The van der Waals surface area contributed by atoms with Crippen molar-refractivity contribution in [1.29, 1.82) is 0 Å². The van der Waals surface area contributed by atoms with Crippen LogP contribution in [0.25, 0.3) is 0 Å². The molecule has 0 saturated carbocycles. The minimum atomic E-state index is -0.583. The molecule has 0 bridgehead atoms. The molecule has 110 valence electrons. The standard InChI is InChI=1S/C15H22FN3O/c1-10(2)9-13(19-7-5-18-6-8-19)11-3-4-12(16)14(17)15(11)20/h3-4,13,18,20H,1,5-9,17H2,2H3/t13-/m0/s1. The first kappa shape index (κ1) is 14.8. The molecule has 0 aliphatic carbocycles. The van der Waals surface area contributed by atoms with E-state index in [-0.39, 0.29) is 17.5 Å². The van der Waals surface area contributed by atoms with E-state index in [9.17, 15) is 9.50 Å². The fourth-order valence-corrected chi connectivity index (χ4v) is 2.63. The number of anilines is 1. The summed E-state index contributed by atoms with van der Waals surface area (Å²) >= 11 is 0. The molecule has 2 rings (SSSR count). The van der Waals surface area contributed by atoms with Gasteiger partial charge in [0.1, 0.15) is 17.3 Å². The van der Waals surface area contributed by atoms with Gasteiger partial charge in [-0.15, -0.1) is 6.58 Å². The van der Waals surface area contributed by atoms with Gasteiger partial charge in [0, 0.05) is 37.8 Å². The average Bonchev–Trinajstić information content (AvgIpc) is 2.44. The first-order valence-electron chi connectivity index (χ1n) is 6.86. The topological polar surface area (TPSA) is 61.5 Å². The summed E-state index contributed by atoms with van der Waals surface area (Å²) in [5.74, 6) is -0.726. The van der Waals surface area contributed by atoms with Crippen LogP contribution >= 0.6 is 0 Å². The Hall–Kier alpha value is -1.59. The molecule has 1 aliphatic heterocycles. The van der Waals surface area contributed by atoms with E-state index < -0.39 is 5.82 Å². The Bertz CT molecular complexity index is 498. The summed E-state index contributed by atoms with van der Waals surface area (Å²) < 4.78 is 13.4. The van der Waals surface area contributed by atoms with E-state index in [4.69, 9.17) is 5.73 Å². The summed E-state index contributed by atoms with van der Waals surface area (Å²) in [4.78, 5) is 2.28. The molecule has 0 spiro atoms. The van der Waals surface area contributed by atoms with Crippen LogP contribution in [0.1, 0.15) is 24.9 Å². The van der Waals surface area contributed by atoms with Gasteiger partial charge in [0.05, 0.1) is 0 Å². The van der Waals surface area contributed by atoms with Crippen LogP contribution in [0.15, 0.2) is 24.3 Å². The predicted octanol–water partition coefficient (Wildman–Crippen LogP) is 2.03. The van der Waals surface area contributed by atoms with Crippen molar-refractivity contribution in [3.63, 3.8) is 0 Å². The fraction of sp³-hybridized carbons (Fsp3) is 0.467. The van der Waals surface area contributed by atoms with Crippen LogP contribution in [0, 0.1) is 5.82 Å². The van der Waals surface area contributed by atoms with Gasteiger partial charge in [0.2, 0.25) is 0 Å². The monoisotopic (exact) mass is 279 g/mol. The van der Waals surface area contributed by atoms with E-state index in [2.05, 4.69) is 16.8 Å². The highest BCUT2D eigenvalue weighted by atomic mass is 19.1. The van der Waals surface area contributed by atoms with Crippen molar-refractivity contribution in [3.05, 3.63) is 35.7 Å². The summed E-state index contributed by atoms with van der Waals surface area (Å²) in [7, 11) is 0. The Kier molecular flexibility index (Phi) is 4.62. The Morgan fingerprint density at radius 3 is 2.75 bits per heavy atom. The molecule has 4 N–H and O–H groups in total. The number of nitrogens with two attached hydrogens (primary N) is 1. The Labute approximate surface area is 119 Å². The number of rotatable bonds is 4. The average molecular weight is 279 g/mol. The first-order chi connectivity index (χ1) is 9.50. The molecule has 20 heavy (non-hydrogen) atoms. The summed E-state index contributed by atoms with van der Waals surface area (Å²) in [5, 5.41) is 13.5. The Morgan fingerprint density at radius 2 is 2.15 bits per heavy atom. The van der Waals surface area contributed by atoms with Gasteiger partial charge in [-0.2, -0.15) is 0 Å². The third kappa shape index (κ3) is 3.11. The molecule has 0 amide bonds. The molecule has 1 fully saturated rings. The van der Waals surface area contributed by atoms with Gasteiger partial charge in [0.25, 0.3) is 0 Å². The van der Waals surface area contributed by atoms with Crippen molar-refractivity contribution in [2.45, 2.75) is 19.4 Å². The number of hydrogen-bond acceptors (Lipinski definition) is 4. The molecule has 1 saturated heterocycles. The van der Waals surface area contributed by atoms with Gasteiger partial charge in [-0.1, -0.05) is 11.6 Å². The maximum absolute atomic E-state index is 13.4. The highest BCUT2D eigenvalue weighted by molar-refractivity contribution is 5.57. The van der Waals surface area contributed by atoms with E-state index in [1.54, 1.807) is 6.07 Å². The number of phenols is 1. The number of phenolic OH excluding ortho intramolecular Hbond substituents is 1. The van der Waals surface area contributed by atoms with Crippen molar-refractivity contribution in [3.8, 4) is 5.75 Å². The largest absolute Gasteiger partial charge is 0.505 e. The van der Waals surface area contributed by atoms with Gasteiger partial charge in [-0.3, -0.25) is 4.90 Å². The summed E-state index contributed by atoms with van der Waals surface area (Å²) in [6.45, 7) is 9.49. The summed E-state index contributed by atoms with van der Waals surface area (Å²) in [6, 6.07) is 2.92. The molecule has 1 aromatic carbocycles. The second-order valence-electron chi connectivity index (χ2n) is 5.36.